The van der Waals surface area contributed by atoms with E-state index < -0.39 is 59.0 Å². The van der Waals surface area contributed by atoms with Crippen LogP contribution in [0.15, 0.2) is 34.8 Å². The predicted molar refractivity (Wildman–Crippen MR) is 151 cm³/mol. The summed E-state index contributed by atoms with van der Waals surface area (Å²) in [4.78, 5) is 58.1. The van der Waals surface area contributed by atoms with Gasteiger partial charge in [-0.25, -0.2) is 14.0 Å². The van der Waals surface area contributed by atoms with Gasteiger partial charge in [0.2, 0.25) is 11.8 Å². The van der Waals surface area contributed by atoms with Gasteiger partial charge in [0.15, 0.2) is 11.4 Å². The lowest BCUT2D eigenvalue weighted by Gasteiger charge is -2.30. The van der Waals surface area contributed by atoms with Gasteiger partial charge in [0.25, 0.3) is 0 Å². The molecule has 3 heterocycles. The van der Waals surface area contributed by atoms with E-state index in [-0.39, 0.29) is 42.5 Å². The van der Waals surface area contributed by atoms with Crippen molar-refractivity contribution in [2.45, 2.75) is 95.0 Å². The molecule has 5 atom stereocenters. The Bertz CT molecular complexity index is 1430. The first kappa shape index (κ1) is 30.3. The number of aromatic nitrogens is 1. The zero-order valence-electron chi connectivity index (χ0n) is 24.4. The maximum atomic E-state index is 14.2. The van der Waals surface area contributed by atoms with Gasteiger partial charge in [0.1, 0.15) is 34.8 Å². The molecule has 43 heavy (non-hydrogen) atoms. The van der Waals surface area contributed by atoms with Crippen LogP contribution in [0.25, 0.3) is 11.1 Å². The summed E-state index contributed by atoms with van der Waals surface area (Å²) in [5, 5.41) is 15.4. The van der Waals surface area contributed by atoms with Crippen LogP contribution in [-0.4, -0.2) is 74.7 Å². The van der Waals surface area contributed by atoms with Crippen molar-refractivity contribution in [1.82, 2.24) is 20.5 Å². The largest absolute Gasteiger partial charge is 0.479 e. The second-order valence-electron chi connectivity index (χ2n) is 12.4. The summed E-state index contributed by atoms with van der Waals surface area (Å²) in [5.74, 6) is -3.30. The van der Waals surface area contributed by atoms with E-state index in [0.717, 1.165) is 19.3 Å². The number of nitrogens with one attached hydrogen (secondary N) is 2. The number of para-hydroxylation sites is 1. The Labute approximate surface area is 248 Å². The molecule has 2 aliphatic heterocycles. The van der Waals surface area contributed by atoms with Crippen molar-refractivity contribution < 1.29 is 42.6 Å². The van der Waals surface area contributed by atoms with Crippen molar-refractivity contribution in [3.05, 3.63) is 36.2 Å². The minimum Gasteiger partial charge on any atom is -0.479 e. The van der Waals surface area contributed by atoms with E-state index in [1.807, 2.05) is 12.2 Å². The third kappa shape index (κ3) is 6.75. The molecule has 1 aliphatic carbocycles. The number of benzene rings is 1. The minimum absolute atomic E-state index is 0.00581. The van der Waals surface area contributed by atoms with Gasteiger partial charge in [-0.15, -0.1) is 0 Å². The van der Waals surface area contributed by atoms with Gasteiger partial charge in [-0.2, -0.15) is 4.98 Å². The molecule has 0 bridgehead atoms. The number of halogens is 1. The Kier molecular flexibility index (Phi) is 8.35. The van der Waals surface area contributed by atoms with Gasteiger partial charge in [-0.3, -0.25) is 9.59 Å². The Balaban J connectivity index is 1.42. The number of aliphatic carboxylic acids is 1. The van der Waals surface area contributed by atoms with E-state index >= 15 is 0 Å². The summed E-state index contributed by atoms with van der Waals surface area (Å²) in [6, 6.07) is 2.17. The average molecular weight is 601 g/mol. The topological polar surface area (TPSA) is 160 Å². The van der Waals surface area contributed by atoms with Crippen LogP contribution < -0.4 is 15.4 Å². The molecule has 232 valence electrons. The first-order valence-corrected chi connectivity index (χ1v) is 14.6. The van der Waals surface area contributed by atoms with Crippen LogP contribution in [0.5, 0.6) is 6.08 Å². The van der Waals surface area contributed by atoms with Gasteiger partial charge in [-0.1, -0.05) is 31.1 Å². The highest BCUT2D eigenvalue weighted by atomic mass is 19.1. The van der Waals surface area contributed by atoms with Gasteiger partial charge < -0.3 is 34.5 Å². The van der Waals surface area contributed by atoms with Crippen molar-refractivity contribution >= 4 is 35.0 Å². The lowest BCUT2D eigenvalue weighted by molar-refractivity contribution is -0.145. The smallest absolute Gasteiger partial charge is 0.408 e. The maximum Gasteiger partial charge on any atom is 0.408 e. The zero-order chi connectivity index (χ0) is 30.9. The van der Waals surface area contributed by atoms with Crippen LogP contribution in [-0.2, 0) is 19.1 Å². The first-order chi connectivity index (χ1) is 20.4. The predicted octanol–water partition coefficient (Wildman–Crippen LogP) is 3.69. The molecule has 3 aliphatic rings. The summed E-state index contributed by atoms with van der Waals surface area (Å²) in [7, 11) is 0. The molecule has 2 aromatic rings. The van der Waals surface area contributed by atoms with Crippen molar-refractivity contribution in [3.63, 3.8) is 0 Å². The molecule has 2 fully saturated rings. The van der Waals surface area contributed by atoms with E-state index in [0.29, 0.717) is 12.8 Å². The fourth-order valence-corrected chi connectivity index (χ4v) is 5.68. The molecule has 12 nitrogen and oxygen atoms in total. The Morgan fingerprint density at radius 3 is 2.74 bits per heavy atom. The summed E-state index contributed by atoms with van der Waals surface area (Å²) in [6.07, 6.45) is 5.48. The quantitative estimate of drug-likeness (QED) is 0.445. The SMILES string of the molecule is CC(C)(C)OC(=O)N[C@H]1CCCCC/C=C\[C@H]2C[C@@]2(C(=O)O)NC(=O)[C@@H]2C[C@@H](Oc3nc4cccc(F)c4o3)CN2C1=O. The van der Waals surface area contributed by atoms with E-state index in [1.54, 1.807) is 26.8 Å². The Morgan fingerprint density at radius 1 is 1.23 bits per heavy atom. The highest BCUT2D eigenvalue weighted by molar-refractivity contribution is 5.96. The highest BCUT2D eigenvalue weighted by Crippen LogP contribution is 2.45. The first-order valence-electron chi connectivity index (χ1n) is 14.6. The van der Waals surface area contributed by atoms with Crippen LogP contribution in [0.1, 0.15) is 65.7 Å². The molecule has 1 saturated carbocycles. The molecule has 13 heteroatoms. The van der Waals surface area contributed by atoms with Crippen LogP contribution in [0.2, 0.25) is 0 Å². The Hall–Kier alpha value is -4.16. The third-order valence-corrected chi connectivity index (χ3v) is 7.93. The standard InChI is InChI=1S/C30H37FN4O8/c1-29(2,3)43-27(40)32-21-12-8-6-4-5-7-10-17-15-30(17,26(38)39)34-24(36)22-14-18(16-35(22)25(21)37)41-28-33-20-13-9-11-19(31)23(20)42-28/h7,9-11,13,17-18,21-22H,4-6,8,12,14-16H2,1-3H3,(H,32,40)(H,34,36)(H,38,39)/b10-7-/t17-,18+,21-,22-,30+/m0/s1. The number of oxazole rings is 1. The van der Waals surface area contributed by atoms with Gasteiger partial charge in [0.05, 0.1) is 6.54 Å². The summed E-state index contributed by atoms with van der Waals surface area (Å²) in [6.45, 7) is 5.06. The van der Waals surface area contributed by atoms with Crippen molar-refractivity contribution in [2.75, 3.05) is 6.54 Å². The molecule has 1 saturated heterocycles. The second-order valence-corrected chi connectivity index (χ2v) is 12.4. The number of hydrogen-bond donors (Lipinski definition) is 3. The molecule has 3 N–H and O–H groups in total. The number of amides is 3. The molecule has 0 unspecified atom stereocenters. The van der Waals surface area contributed by atoms with Crippen molar-refractivity contribution in [1.29, 1.82) is 0 Å². The van der Waals surface area contributed by atoms with Crippen LogP contribution in [0, 0.1) is 11.7 Å². The number of nitrogens with zero attached hydrogens (tertiary/aromatic N) is 2. The number of alkyl carbamates (subject to hydrolysis) is 1. The maximum absolute atomic E-state index is 14.2. The summed E-state index contributed by atoms with van der Waals surface area (Å²) < 4.78 is 30.9. The highest BCUT2D eigenvalue weighted by Gasteiger charge is 2.61. The van der Waals surface area contributed by atoms with E-state index in [1.165, 1.54) is 17.0 Å². The number of carboxylic acid groups (broad SMARTS) is 1. The van der Waals surface area contributed by atoms with Crippen molar-refractivity contribution in [3.8, 4) is 6.08 Å². The number of hydrogen-bond acceptors (Lipinski definition) is 8. The molecule has 3 amide bonds. The second kappa shape index (κ2) is 11.8. The molecule has 0 spiro atoms. The lowest BCUT2D eigenvalue weighted by Crippen LogP contribution is -2.56. The van der Waals surface area contributed by atoms with Gasteiger partial charge in [0, 0.05) is 12.3 Å². The van der Waals surface area contributed by atoms with E-state index in [9.17, 15) is 28.7 Å². The zero-order valence-corrected chi connectivity index (χ0v) is 24.4. The lowest BCUT2D eigenvalue weighted by atomic mass is 10.0. The van der Waals surface area contributed by atoms with Gasteiger partial charge >= 0.3 is 18.1 Å². The Morgan fingerprint density at radius 2 is 2.02 bits per heavy atom. The number of carbonyl (C=O) groups excluding carboxylic acids is 3. The van der Waals surface area contributed by atoms with E-state index in [4.69, 9.17) is 13.9 Å². The minimum atomic E-state index is -1.46. The molecule has 0 radical (unpaired) electrons. The molecular weight excluding hydrogens is 563 g/mol. The third-order valence-electron chi connectivity index (χ3n) is 7.93. The van der Waals surface area contributed by atoms with Crippen LogP contribution in [0.3, 0.4) is 0 Å². The fourth-order valence-electron chi connectivity index (χ4n) is 5.68. The van der Waals surface area contributed by atoms with Crippen molar-refractivity contribution in [2.24, 2.45) is 5.92 Å². The van der Waals surface area contributed by atoms with Crippen LogP contribution in [0.4, 0.5) is 9.18 Å². The number of carboxylic acids is 1. The molecular formula is C30H37FN4O8. The molecule has 5 rings (SSSR count). The normalized spacial score (nSPS) is 29.0. The van der Waals surface area contributed by atoms with Crippen LogP contribution >= 0.6 is 0 Å². The number of rotatable bonds is 4. The molecule has 1 aromatic heterocycles. The number of fused-ring (bicyclic) bond motifs is 3. The molecule has 1 aromatic carbocycles. The fraction of sp³-hybridized carbons (Fsp3) is 0.567. The number of ether oxygens (including phenoxy) is 2. The summed E-state index contributed by atoms with van der Waals surface area (Å²) >= 11 is 0. The monoisotopic (exact) mass is 600 g/mol. The van der Waals surface area contributed by atoms with E-state index in [2.05, 4.69) is 15.6 Å². The number of carbonyl (C=O) groups is 4. The van der Waals surface area contributed by atoms with Gasteiger partial charge in [-0.05, 0) is 58.6 Å². The number of allylic oxidation sites excluding steroid dienone is 1. The average Bonchev–Trinajstić information content (AvgIpc) is 3.24. The summed E-state index contributed by atoms with van der Waals surface area (Å²) in [5.41, 5.74) is -2.10.